The summed E-state index contributed by atoms with van der Waals surface area (Å²) in [6.07, 6.45) is 15.3. The molecule has 2 aromatic rings. The van der Waals surface area contributed by atoms with Gasteiger partial charge in [-0.3, -0.25) is 4.79 Å². The number of aryl methyl sites for hydroxylation is 1. The van der Waals surface area contributed by atoms with Gasteiger partial charge in [-0.1, -0.05) is 72.8 Å². The number of allylic oxidation sites excluding steroid dienone is 1. The normalized spacial score (nSPS) is 44.3. The molecule has 424 valence electrons. The van der Waals surface area contributed by atoms with Crippen molar-refractivity contribution in [1.82, 2.24) is 10.6 Å². The van der Waals surface area contributed by atoms with E-state index < -0.39 is 77.3 Å². The Balaban J connectivity index is 1.09. The molecule has 4 heterocycles. The van der Waals surface area contributed by atoms with Crippen LogP contribution in [0.2, 0.25) is 0 Å². The number of aliphatic hydroxyl groups is 7. The third-order valence-electron chi connectivity index (χ3n) is 21.5. The van der Waals surface area contributed by atoms with Gasteiger partial charge in [-0.05, 0) is 163 Å². The summed E-state index contributed by atoms with van der Waals surface area (Å²) in [6, 6.07) is 4.15. The molecule has 7 fully saturated rings. The van der Waals surface area contributed by atoms with Gasteiger partial charge in [0.1, 0.15) is 23.9 Å². The Morgan fingerprint density at radius 2 is 1.78 bits per heavy atom. The van der Waals surface area contributed by atoms with Crippen LogP contribution in [0.25, 0.3) is 11.0 Å². The van der Waals surface area contributed by atoms with Gasteiger partial charge in [-0.15, -0.1) is 0 Å². The number of rotatable bonds is 9. The minimum absolute atomic E-state index is 0.00688. The Morgan fingerprint density at radius 3 is 2.57 bits per heavy atom. The molecule has 1 aromatic heterocycles. The number of hydrogen-bond donors (Lipinski definition) is 9. The summed E-state index contributed by atoms with van der Waals surface area (Å²) in [5.74, 6) is -1.10. The predicted octanol–water partition coefficient (Wildman–Crippen LogP) is 7.11. The number of benzene rings is 1. The standard InChI is InChI=1S/C59H88N2O13S2/c1-4-70-47(65)18-14-36-29-37-20-27-71-49(37)51-50(36)73-53-59(69)48-39(13-16-43(63)41(48)33-62)31-57(68,52(59)66)58(74-53)34-75-76-56(45(61-26-28-72-51)17-11-35(2)9-8-10-46(58)64)25-24-54(30-38-12-15-42(60-3)40(38)32-54)44(56)19-23-55(67)21-6-5-7-22-55/h13,16,20,27,29,35,38-46,48,52-53,60-64,66-69H,4-12,14-15,17-19,21-26,28,30-34H2,1-3H3. The van der Waals surface area contributed by atoms with Gasteiger partial charge in [0.15, 0.2) is 16.9 Å². The molecule has 9 N–H and O–H groups in total. The molecule has 0 radical (unpaired) electrons. The number of ether oxygens (including phenoxy) is 4. The first-order valence-corrected chi connectivity index (χ1v) is 31.8. The van der Waals surface area contributed by atoms with Crippen molar-refractivity contribution < 1.29 is 63.9 Å². The van der Waals surface area contributed by atoms with Crippen LogP contribution in [0.5, 0.6) is 11.5 Å². The average Bonchev–Trinajstić information content (AvgIpc) is 4.28. The number of esters is 1. The molecule has 17 heteroatoms. The zero-order valence-electron chi connectivity index (χ0n) is 45.2. The van der Waals surface area contributed by atoms with Crippen molar-refractivity contribution in [3.8, 4) is 11.5 Å². The molecule has 76 heavy (non-hydrogen) atoms. The Hall–Kier alpha value is -2.13. The van der Waals surface area contributed by atoms with Crippen LogP contribution >= 0.6 is 21.6 Å². The maximum Gasteiger partial charge on any atom is 0.306 e. The molecule has 15 nitrogen and oxygen atoms in total. The minimum atomic E-state index is -2.49. The lowest BCUT2D eigenvalue weighted by molar-refractivity contribution is -0.424. The summed E-state index contributed by atoms with van der Waals surface area (Å²) in [5.41, 5.74) is -6.48. The van der Waals surface area contributed by atoms with Gasteiger partial charge in [-0.2, -0.15) is 0 Å². The summed E-state index contributed by atoms with van der Waals surface area (Å²) in [6.45, 7) is 4.36. The van der Waals surface area contributed by atoms with Crippen molar-refractivity contribution in [2.45, 2.75) is 213 Å². The molecule has 5 saturated carbocycles. The van der Waals surface area contributed by atoms with E-state index in [0.29, 0.717) is 53.3 Å². The highest BCUT2D eigenvalue weighted by atomic mass is 33.1. The molecule has 2 saturated heterocycles. The third kappa shape index (κ3) is 9.41. The van der Waals surface area contributed by atoms with Crippen LogP contribution in [0.3, 0.4) is 0 Å². The van der Waals surface area contributed by atoms with Crippen molar-refractivity contribution in [3.05, 3.63) is 36.1 Å². The molecular formula is C59H88N2O13S2. The minimum Gasteiger partial charge on any atom is -0.485 e. The molecule has 18 atom stereocenters. The van der Waals surface area contributed by atoms with Gasteiger partial charge in [0, 0.05) is 59.4 Å². The van der Waals surface area contributed by atoms with E-state index in [-0.39, 0.29) is 78.3 Å². The second kappa shape index (κ2) is 22.0. The van der Waals surface area contributed by atoms with E-state index in [2.05, 4.69) is 24.6 Å². The van der Waals surface area contributed by atoms with E-state index in [1.165, 1.54) is 19.3 Å². The largest absolute Gasteiger partial charge is 0.485 e. The van der Waals surface area contributed by atoms with Gasteiger partial charge in [0.2, 0.25) is 12.0 Å². The number of carbonyl (C=O) groups is 1. The molecule has 6 aliphatic carbocycles. The van der Waals surface area contributed by atoms with E-state index in [1.54, 1.807) is 36.1 Å². The summed E-state index contributed by atoms with van der Waals surface area (Å²) in [4.78, 5) is 13.1. The first-order chi connectivity index (χ1) is 36.6. The predicted molar refractivity (Wildman–Crippen MR) is 292 cm³/mol. The monoisotopic (exact) mass is 1100 g/mol. The van der Waals surface area contributed by atoms with Gasteiger partial charge in [-0.25, -0.2) is 0 Å². The van der Waals surface area contributed by atoms with Crippen LogP contribution in [-0.4, -0.2) is 145 Å². The van der Waals surface area contributed by atoms with Crippen molar-refractivity contribution in [1.29, 1.82) is 0 Å². The average molecular weight is 1100 g/mol. The first kappa shape index (κ1) is 55.8. The molecule has 11 rings (SSSR count). The van der Waals surface area contributed by atoms with E-state index in [0.717, 1.165) is 83.5 Å². The Morgan fingerprint density at radius 1 is 0.947 bits per heavy atom. The Labute approximate surface area is 457 Å². The molecule has 0 amide bonds. The van der Waals surface area contributed by atoms with Crippen molar-refractivity contribution in [2.24, 2.45) is 46.8 Å². The van der Waals surface area contributed by atoms with E-state index >= 15 is 0 Å². The molecule has 9 aliphatic rings. The maximum absolute atomic E-state index is 13.8. The van der Waals surface area contributed by atoms with Crippen molar-refractivity contribution in [3.63, 3.8) is 0 Å². The SMILES string of the molecule is CCOC(=O)CCc1cc2ccoc2c2c1OC1OC3(CSSC4(CCC5(CC6CCC(NC)C6C5)C4CCC4(O)CCCCC4)C(CCC(C)CCCC3O)NCCO2)C2(O)CC3C=CC(O)C(CO)C3C1(O)C2O. The zero-order chi connectivity index (χ0) is 53.3. The van der Waals surface area contributed by atoms with Crippen LogP contribution in [0.1, 0.15) is 148 Å². The molecule has 3 aliphatic heterocycles. The highest BCUT2D eigenvalue weighted by Crippen LogP contribution is 2.71. The number of carbonyl (C=O) groups excluding carboxylic acids is 1. The molecule has 5 bridgehead atoms. The van der Waals surface area contributed by atoms with E-state index in [1.807, 2.05) is 22.9 Å². The number of nitrogens with one attached hydrogen (secondary N) is 2. The lowest BCUT2D eigenvalue weighted by Gasteiger charge is -2.67. The van der Waals surface area contributed by atoms with Gasteiger partial charge in [0.25, 0.3) is 0 Å². The second-order valence-electron chi connectivity index (χ2n) is 25.5. The van der Waals surface area contributed by atoms with Crippen LogP contribution in [0, 0.1) is 46.8 Å². The fourth-order valence-corrected chi connectivity index (χ4v) is 22.0. The Bertz CT molecular complexity index is 2400. The van der Waals surface area contributed by atoms with Crippen LogP contribution in [0.15, 0.2) is 35.0 Å². The first-order valence-electron chi connectivity index (χ1n) is 29.5. The molecular weight excluding hydrogens is 1010 g/mol. The van der Waals surface area contributed by atoms with Crippen LogP contribution in [0.4, 0.5) is 0 Å². The van der Waals surface area contributed by atoms with Crippen LogP contribution in [-0.2, 0) is 20.7 Å². The summed E-state index contributed by atoms with van der Waals surface area (Å²) >= 11 is 0. The topological polar surface area (TPSA) is 233 Å². The number of fused-ring (bicyclic) bond motifs is 12. The molecule has 1 aromatic carbocycles. The van der Waals surface area contributed by atoms with Crippen molar-refractivity contribution >= 4 is 38.5 Å². The van der Waals surface area contributed by atoms with E-state index in [4.69, 9.17) is 23.4 Å². The fourth-order valence-electron chi connectivity index (χ4n) is 17.7. The van der Waals surface area contributed by atoms with Gasteiger partial charge < -0.3 is 69.7 Å². The molecule has 3 spiro atoms. The van der Waals surface area contributed by atoms with E-state index in [9.17, 15) is 40.5 Å². The molecule has 18 unspecified atom stereocenters. The lowest BCUT2D eigenvalue weighted by Crippen LogP contribution is -2.86. The number of aliphatic hydroxyl groups excluding tert-OH is 4. The smallest absolute Gasteiger partial charge is 0.306 e. The van der Waals surface area contributed by atoms with Crippen molar-refractivity contribution in [2.75, 3.05) is 39.2 Å². The number of hydrogen-bond acceptors (Lipinski definition) is 17. The van der Waals surface area contributed by atoms with Gasteiger partial charge in [0.05, 0.1) is 30.7 Å². The third-order valence-corrected chi connectivity index (χ3v) is 24.9. The lowest BCUT2D eigenvalue weighted by atomic mass is 9.50. The Kier molecular flexibility index (Phi) is 16.1. The highest BCUT2D eigenvalue weighted by Gasteiger charge is 2.78. The zero-order valence-corrected chi connectivity index (χ0v) is 46.8. The summed E-state index contributed by atoms with van der Waals surface area (Å²) in [5, 5.41) is 97.4. The highest BCUT2D eigenvalue weighted by molar-refractivity contribution is 8.77. The maximum atomic E-state index is 13.8. The van der Waals surface area contributed by atoms with Crippen LogP contribution < -0.4 is 20.1 Å². The number of furan rings is 1. The fraction of sp³-hybridized carbons (Fsp3) is 0.814. The quantitative estimate of drug-likeness (QED) is 0.0692. The summed E-state index contributed by atoms with van der Waals surface area (Å²) < 4.78 is 32.7. The van der Waals surface area contributed by atoms with Gasteiger partial charge >= 0.3 is 5.97 Å². The summed E-state index contributed by atoms with van der Waals surface area (Å²) in [7, 11) is 5.56. The second-order valence-corrected chi connectivity index (χ2v) is 28.1.